The average Bonchev–Trinajstić information content (AvgIpc) is 2.84. The minimum atomic E-state index is -0.459. The van der Waals surface area contributed by atoms with Crippen molar-refractivity contribution in [1.82, 2.24) is 0 Å². The zero-order chi connectivity index (χ0) is 15.1. The molecule has 6 rings (SSSR count). The van der Waals surface area contributed by atoms with Gasteiger partial charge in [0.2, 0.25) is 0 Å². The van der Waals surface area contributed by atoms with E-state index in [9.17, 15) is 9.59 Å². The van der Waals surface area contributed by atoms with Crippen LogP contribution < -0.4 is 0 Å². The van der Waals surface area contributed by atoms with Crippen molar-refractivity contribution in [3.05, 3.63) is 76.1 Å². The predicted molar refractivity (Wildman–Crippen MR) is 81.5 cm³/mol. The summed E-state index contributed by atoms with van der Waals surface area (Å²) in [6.07, 6.45) is 0. The Morgan fingerprint density at radius 2 is 1.39 bits per heavy atom. The van der Waals surface area contributed by atoms with Crippen LogP contribution in [0, 0.1) is 11.8 Å². The number of rotatable bonds is 0. The molecule has 3 nitrogen and oxygen atoms in total. The van der Waals surface area contributed by atoms with E-state index in [2.05, 4.69) is 36.5 Å². The standard InChI is InChI=1S/C19H15NO2.Y/c1-19-12-8-4-2-6-10(12)14(11-7-3-5-9-13(11)19)15-16(19)18(22)20-17(15)21;/h2-9,14-16H,1H3,(H,20,21,22);/p-1. The summed E-state index contributed by atoms with van der Waals surface area (Å²) in [6.45, 7) is 2.10. The van der Waals surface area contributed by atoms with Gasteiger partial charge in [-0.15, -0.1) is 0 Å². The Labute approximate surface area is 159 Å². The SMILES string of the molecule is CC12c3ccccc3C(c3ccccc31)C1C(=O)[N-]C(=O)C12.[Y]. The molecule has 1 saturated heterocycles. The number of benzene rings is 2. The summed E-state index contributed by atoms with van der Waals surface area (Å²) in [5.41, 5.74) is 4.27. The van der Waals surface area contributed by atoms with Crippen LogP contribution in [0.25, 0.3) is 5.32 Å². The molecule has 1 aliphatic heterocycles. The average molecular weight is 377 g/mol. The molecule has 0 N–H and O–H groups in total. The van der Waals surface area contributed by atoms with Crippen LogP contribution in [-0.4, -0.2) is 11.8 Å². The minimum absolute atomic E-state index is 0. The largest absolute Gasteiger partial charge is 0.595 e. The summed E-state index contributed by atoms with van der Waals surface area (Å²) in [5, 5.41) is 3.81. The van der Waals surface area contributed by atoms with Crippen LogP contribution in [0.4, 0.5) is 0 Å². The van der Waals surface area contributed by atoms with Gasteiger partial charge in [0.25, 0.3) is 0 Å². The van der Waals surface area contributed by atoms with Crippen molar-refractivity contribution in [3.8, 4) is 0 Å². The Kier molecular flexibility index (Phi) is 3.21. The van der Waals surface area contributed by atoms with Crippen LogP contribution in [-0.2, 0) is 47.7 Å². The Morgan fingerprint density at radius 1 is 0.870 bits per heavy atom. The Balaban J connectivity index is 0.00000135. The second kappa shape index (κ2) is 4.84. The summed E-state index contributed by atoms with van der Waals surface area (Å²) in [7, 11) is 0. The molecule has 2 aromatic carbocycles. The maximum Gasteiger partial charge on any atom is 0.0616 e. The fourth-order valence-electron chi connectivity index (χ4n) is 5.01. The quantitative estimate of drug-likeness (QED) is 0.663. The van der Waals surface area contributed by atoms with E-state index < -0.39 is 5.41 Å². The Bertz CT molecular complexity index is 812. The molecule has 2 bridgehead atoms. The van der Waals surface area contributed by atoms with Gasteiger partial charge in [0.15, 0.2) is 0 Å². The van der Waals surface area contributed by atoms with Crippen LogP contribution in [0.2, 0.25) is 0 Å². The van der Waals surface area contributed by atoms with Crippen LogP contribution >= 0.6 is 0 Å². The number of hydrogen-bond donors (Lipinski definition) is 0. The molecule has 1 heterocycles. The van der Waals surface area contributed by atoms with Gasteiger partial charge in [-0.05, 0) is 22.3 Å². The topological polar surface area (TPSA) is 48.2 Å². The van der Waals surface area contributed by atoms with Crippen LogP contribution in [0.15, 0.2) is 48.5 Å². The zero-order valence-corrected chi connectivity index (χ0v) is 15.5. The van der Waals surface area contributed by atoms with E-state index in [1.54, 1.807) is 0 Å². The van der Waals surface area contributed by atoms with E-state index in [0.717, 1.165) is 0 Å². The van der Waals surface area contributed by atoms with Crippen LogP contribution in [0.1, 0.15) is 35.1 Å². The Morgan fingerprint density at radius 3 is 1.96 bits per heavy atom. The van der Waals surface area contributed by atoms with E-state index in [1.807, 2.05) is 24.3 Å². The molecular weight excluding hydrogens is 363 g/mol. The molecule has 2 aromatic rings. The molecule has 3 aliphatic carbocycles. The first-order valence-corrected chi connectivity index (χ1v) is 7.62. The number of imide groups is 1. The third kappa shape index (κ3) is 1.62. The molecule has 0 saturated carbocycles. The second-order valence-electron chi connectivity index (χ2n) is 6.65. The molecule has 4 heteroatoms. The fourth-order valence-corrected chi connectivity index (χ4v) is 5.01. The van der Waals surface area contributed by atoms with E-state index in [4.69, 9.17) is 0 Å². The van der Waals surface area contributed by atoms with Gasteiger partial charge in [0.05, 0.1) is 11.8 Å². The van der Waals surface area contributed by atoms with Gasteiger partial charge >= 0.3 is 0 Å². The summed E-state index contributed by atoms with van der Waals surface area (Å²) >= 11 is 0. The first kappa shape index (κ1) is 15.2. The third-order valence-electron chi connectivity index (χ3n) is 5.82. The summed E-state index contributed by atoms with van der Waals surface area (Å²) < 4.78 is 0. The molecule has 23 heavy (non-hydrogen) atoms. The monoisotopic (exact) mass is 377 g/mol. The molecule has 2 amide bonds. The minimum Gasteiger partial charge on any atom is -0.595 e. The van der Waals surface area contributed by atoms with Gasteiger partial charge in [-0.2, -0.15) is 0 Å². The van der Waals surface area contributed by atoms with Crippen LogP contribution in [0.5, 0.6) is 0 Å². The van der Waals surface area contributed by atoms with Crippen LogP contribution in [0.3, 0.4) is 0 Å². The smallest absolute Gasteiger partial charge is 0.0616 e. The van der Waals surface area contributed by atoms with Crippen molar-refractivity contribution in [2.45, 2.75) is 18.3 Å². The van der Waals surface area contributed by atoms with Gasteiger partial charge in [0, 0.05) is 55.9 Å². The van der Waals surface area contributed by atoms with E-state index in [-0.39, 0.29) is 62.3 Å². The summed E-state index contributed by atoms with van der Waals surface area (Å²) in [5.74, 6) is -1.21. The second-order valence-corrected chi connectivity index (χ2v) is 6.65. The van der Waals surface area contributed by atoms with Gasteiger partial charge in [-0.3, -0.25) is 0 Å². The van der Waals surface area contributed by atoms with Gasteiger partial charge in [0.1, 0.15) is 0 Å². The molecule has 4 aliphatic rings. The van der Waals surface area contributed by atoms with Crippen molar-refractivity contribution >= 4 is 11.8 Å². The number of amides is 2. The number of nitrogens with zero attached hydrogens (tertiary/aromatic N) is 1. The van der Waals surface area contributed by atoms with E-state index >= 15 is 0 Å². The zero-order valence-electron chi connectivity index (χ0n) is 12.7. The normalized spacial score (nSPS) is 32.5. The molecule has 2 atom stereocenters. The molecule has 0 aromatic heterocycles. The fraction of sp³-hybridized carbons (Fsp3) is 0.263. The van der Waals surface area contributed by atoms with Gasteiger partial charge < -0.3 is 14.9 Å². The maximum absolute atomic E-state index is 12.4. The van der Waals surface area contributed by atoms with Crippen molar-refractivity contribution in [3.63, 3.8) is 0 Å². The van der Waals surface area contributed by atoms with Crippen molar-refractivity contribution < 1.29 is 42.3 Å². The van der Waals surface area contributed by atoms with Crippen molar-refractivity contribution in [1.29, 1.82) is 0 Å². The molecule has 1 fully saturated rings. The van der Waals surface area contributed by atoms with Crippen molar-refractivity contribution in [2.24, 2.45) is 11.8 Å². The Hall–Kier alpha value is -1.32. The molecule has 111 valence electrons. The molecule has 0 spiro atoms. The predicted octanol–water partition coefficient (Wildman–Crippen LogP) is 3.12. The van der Waals surface area contributed by atoms with E-state index in [0.29, 0.717) is 0 Å². The third-order valence-corrected chi connectivity index (χ3v) is 5.82. The van der Waals surface area contributed by atoms with Crippen molar-refractivity contribution in [2.75, 3.05) is 0 Å². The molecule has 2 unspecified atom stereocenters. The van der Waals surface area contributed by atoms with Gasteiger partial charge in [-0.1, -0.05) is 55.5 Å². The summed E-state index contributed by atoms with van der Waals surface area (Å²) in [4.78, 5) is 24.8. The summed E-state index contributed by atoms with van der Waals surface area (Å²) in [6, 6.07) is 16.5. The molecular formula is C19H14NO2Y-. The first-order chi connectivity index (χ1) is 10.6. The van der Waals surface area contributed by atoms with E-state index in [1.165, 1.54) is 22.3 Å². The number of carbonyl (C=O) groups excluding carboxylic acids is 2. The number of hydrogen-bond acceptors (Lipinski definition) is 2. The maximum atomic E-state index is 12.4. The van der Waals surface area contributed by atoms with Gasteiger partial charge in [-0.25, -0.2) is 0 Å². The first-order valence-electron chi connectivity index (χ1n) is 7.62. The molecule has 1 radical (unpaired) electrons. The number of carbonyl (C=O) groups is 2.